The monoisotopic (exact) mass is 431 g/mol. The molecule has 31 heavy (non-hydrogen) atoms. The van der Waals surface area contributed by atoms with Crippen LogP contribution in [0.3, 0.4) is 0 Å². The summed E-state index contributed by atoms with van der Waals surface area (Å²) < 4.78 is 5.37. The van der Waals surface area contributed by atoms with Gasteiger partial charge in [-0.3, -0.25) is 4.79 Å². The summed E-state index contributed by atoms with van der Waals surface area (Å²) in [4.78, 5) is 44.3. The van der Waals surface area contributed by atoms with E-state index in [0.29, 0.717) is 39.3 Å². The van der Waals surface area contributed by atoms with E-state index < -0.39 is 5.60 Å². The molecule has 0 atom stereocenters. The second kappa shape index (κ2) is 9.89. The Bertz CT molecular complexity index is 764. The van der Waals surface area contributed by atoms with Gasteiger partial charge in [-0.1, -0.05) is 18.2 Å². The van der Waals surface area contributed by atoms with Crippen molar-refractivity contribution in [2.24, 2.45) is 0 Å². The molecule has 9 heteroatoms. The first kappa shape index (κ1) is 22.7. The summed E-state index contributed by atoms with van der Waals surface area (Å²) in [5, 5.41) is 2.74. The summed E-state index contributed by atoms with van der Waals surface area (Å²) in [6, 6.07) is 9.92. The number of piperazine rings is 2. The Morgan fingerprint density at radius 1 is 0.839 bits per heavy atom. The number of nitrogens with zero attached hydrogens (tertiary/aromatic N) is 4. The molecular weight excluding hydrogens is 398 g/mol. The minimum atomic E-state index is -0.541. The molecule has 9 nitrogen and oxygen atoms in total. The fourth-order valence-electron chi connectivity index (χ4n) is 3.65. The Labute approximate surface area is 183 Å². The largest absolute Gasteiger partial charge is 0.444 e. The molecule has 2 aliphatic heterocycles. The lowest BCUT2D eigenvalue weighted by molar-refractivity contribution is -0.131. The van der Waals surface area contributed by atoms with Crippen LogP contribution in [0.25, 0.3) is 0 Å². The van der Waals surface area contributed by atoms with Crippen molar-refractivity contribution in [2.75, 3.05) is 63.8 Å². The minimum absolute atomic E-state index is 0.0375. The van der Waals surface area contributed by atoms with Gasteiger partial charge < -0.3 is 29.7 Å². The third-order valence-corrected chi connectivity index (χ3v) is 5.36. The van der Waals surface area contributed by atoms with E-state index in [1.807, 2.05) is 39.0 Å². The van der Waals surface area contributed by atoms with E-state index in [1.54, 1.807) is 14.7 Å². The van der Waals surface area contributed by atoms with Crippen molar-refractivity contribution in [3.63, 3.8) is 0 Å². The average Bonchev–Trinajstić information content (AvgIpc) is 2.77. The van der Waals surface area contributed by atoms with Crippen LogP contribution in [0.1, 0.15) is 20.8 Å². The maximum absolute atomic E-state index is 12.5. The lowest BCUT2D eigenvalue weighted by Gasteiger charge is -2.37. The fraction of sp³-hybridized carbons (Fsp3) is 0.591. The highest BCUT2D eigenvalue weighted by Gasteiger charge is 2.28. The quantitative estimate of drug-likeness (QED) is 0.786. The first-order valence-electron chi connectivity index (χ1n) is 10.8. The molecule has 0 aliphatic carbocycles. The van der Waals surface area contributed by atoms with Crippen LogP contribution in [0.2, 0.25) is 0 Å². The zero-order chi connectivity index (χ0) is 22.4. The Kier molecular flexibility index (Phi) is 7.25. The topological polar surface area (TPSA) is 85.4 Å². The average molecular weight is 432 g/mol. The lowest BCUT2D eigenvalue weighted by atomic mass is 10.2. The van der Waals surface area contributed by atoms with Gasteiger partial charge in [-0.05, 0) is 32.9 Å². The summed E-state index contributed by atoms with van der Waals surface area (Å²) >= 11 is 0. The van der Waals surface area contributed by atoms with Crippen LogP contribution in [-0.4, -0.2) is 97.2 Å². The zero-order valence-corrected chi connectivity index (χ0v) is 18.7. The molecule has 0 saturated carbocycles. The molecule has 1 aromatic carbocycles. The SMILES string of the molecule is CC(C)(C)OC(=O)N1CCN(C(=O)CNC(=O)N2CCN(c3ccccc3)CC2)CC1. The number of carbonyl (C=O) groups is 3. The number of nitrogens with one attached hydrogen (secondary N) is 1. The van der Waals surface area contributed by atoms with E-state index in [9.17, 15) is 14.4 Å². The Morgan fingerprint density at radius 2 is 1.39 bits per heavy atom. The number of hydrogen-bond donors (Lipinski definition) is 1. The molecule has 2 heterocycles. The van der Waals surface area contributed by atoms with Gasteiger partial charge in [0.15, 0.2) is 0 Å². The van der Waals surface area contributed by atoms with Crippen LogP contribution in [-0.2, 0) is 9.53 Å². The third kappa shape index (κ3) is 6.50. The molecule has 0 radical (unpaired) electrons. The van der Waals surface area contributed by atoms with Crippen molar-refractivity contribution in [3.05, 3.63) is 30.3 Å². The number of benzene rings is 1. The fourth-order valence-corrected chi connectivity index (χ4v) is 3.65. The van der Waals surface area contributed by atoms with Gasteiger partial charge in [0.2, 0.25) is 5.91 Å². The third-order valence-electron chi connectivity index (χ3n) is 5.36. The number of rotatable bonds is 3. The molecule has 2 aliphatic rings. The molecule has 0 unspecified atom stereocenters. The van der Waals surface area contributed by atoms with Crippen molar-refractivity contribution >= 4 is 23.7 Å². The van der Waals surface area contributed by atoms with E-state index in [2.05, 4.69) is 22.3 Å². The number of ether oxygens (including phenoxy) is 1. The number of urea groups is 1. The molecule has 1 N–H and O–H groups in total. The van der Waals surface area contributed by atoms with E-state index in [1.165, 1.54) is 0 Å². The molecule has 170 valence electrons. The number of anilines is 1. The molecule has 2 fully saturated rings. The summed E-state index contributed by atoms with van der Waals surface area (Å²) in [6.07, 6.45) is -0.359. The Balaban J connectivity index is 1.36. The molecule has 4 amide bonds. The predicted molar refractivity (Wildman–Crippen MR) is 118 cm³/mol. The Hall–Kier alpha value is -2.97. The van der Waals surface area contributed by atoms with E-state index in [-0.39, 0.29) is 24.6 Å². The van der Waals surface area contributed by atoms with Crippen molar-refractivity contribution in [3.8, 4) is 0 Å². The molecule has 0 bridgehead atoms. The van der Waals surface area contributed by atoms with Crippen molar-refractivity contribution in [1.29, 1.82) is 0 Å². The second-order valence-electron chi connectivity index (χ2n) is 8.82. The van der Waals surface area contributed by atoms with Gasteiger partial charge in [0.1, 0.15) is 5.60 Å². The molecule has 0 aromatic heterocycles. The van der Waals surface area contributed by atoms with E-state index in [0.717, 1.165) is 18.8 Å². The Morgan fingerprint density at radius 3 is 1.97 bits per heavy atom. The van der Waals surface area contributed by atoms with E-state index >= 15 is 0 Å². The summed E-state index contributed by atoms with van der Waals surface area (Å²) in [5.74, 6) is -0.139. The first-order valence-corrected chi connectivity index (χ1v) is 10.8. The molecule has 2 saturated heterocycles. The smallest absolute Gasteiger partial charge is 0.410 e. The van der Waals surface area contributed by atoms with Gasteiger partial charge in [0.05, 0.1) is 6.54 Å². The highest BCUT2D eigenvalue weighted by molar-refractivity contribution is 5.84. The van der Waals surface area contributed by atoms with Crippen LogP contribution in [0.15, 0.2) is 30.3 Å². The highest BCUT2D eigenvalue weighted by Crippen LogP contribution is 2.15. The summed E-state index contributed by atoms with van der Waals surface area (Å²) in [6.45, 7) is 9.92. The van der Waals surface area contributed by atoms with Gasteiger partial charge in [0, 0.05) is 58.0 Å². The van der Waals surface area contributed by atoms with Crippen molar-refractivity contribution < 1.29 is 19.1 Å². The zero-order valence-electron chi connectivity index (χ0n) is 18.7. The maximum atomic E-state index is 12.5. The van der Waals surface area contributed by atoms with Gasteiger partial charge >= 0.3 is 12.1 Å². The van der Waals surface area contributed by atoms with Crippen molar-refractivity contribution in [1.82, 2.24) is 20.0 Å². The number of para-hydroxylation sites is 1. The second-order valence-corrected chi connectivity index (χ2v) is 8.82. The van der Waals surface area contributed by atoms with Crippen LogP contribution >= 0.6 is 0 Å². The standard InChI is InChI=1S/C22H33N5O4/c1-22(2,3)31-21(30)27-15-11-25(12-16-27)19(28)17-23-20(29)26-13-9-24(10-14-26)18-7-5-4-6-8-18/h4-8H,9-17H2,1-3H3,(H,23,29). The molecule has 1 aromatic rings. The minimum Gasteiger partial charge on any atom is -0.444 e. The van der Waals surface area contributed by atoms with Gasteiger partial charge in [-0.15, -0.1) is 0 Å². The molecular formula is C22H33N5O4. The van der Waals surface area contributed by atoms with Crippen LogP contribution in [0.5, 0.6) is 0 Å². The van der Waals surface area contributed by atoms with Crippen LogP contribution < -0.4 is 10.2 Å². The van der Waals surface area contributed by atoms with E-state index in [4.69, 9.17) is 4.74 Å². The first-order chi connectivity index (χ1) is 14.7. The highest BCUT2D eigenvalue weighted by atomic mass is 16.6. The number of amides is 4. The number of hydrogen-bond acceptors (Lipinski definition) is 5. The summed E-state index contributed by atoms with van der Waals surface area (Å²) in [5.41, 5.74) is 0.615. The summed E-state index contributed by atoms with van der Waals surface area (Å²) in [7, 11) is 0. The van der Waals surface area contributed by atoms with Gasteiger partial charge in [-0.25, -0.2) is 9.59 Å². The van der Waals surface area contributed by atoms with Gasteiger partial charge in [0.25, 0.3) is 0 Å². The normalized spacial score (nSPS) is 17.4. The predicted octanol–water partition coefficient (Wildman–Crippen LogP) is 1.60. The number of carbonyl (C=O) groups excluding carboxylic acids is 3. The maximum Gasteiger partial charge on any atom is 0.410 e. The lowest BCUT2D eigenvalue weighted by Crippen LogP contribution is -2.55. The van der Waals surface area contributed by atoms with Gasteiger partial charge in [-0.2, -0.15) is 0 Å². The van der Waals surface area contributed by atoms with Crippen LogP contribution in [0.4, 0.5) is 15.3 Å². The molecule has 3 rings (SSSR count). The van der Waals surface area contributed by atoms with Crippen molar-refractivity contribution in [2.45, 2.75) is 26.4 Å². The van der Waals surface area contributed by atoms with Crippen LogP contribution in [0, 0.1) is 0 Å². The molecule has 0 spiro atoms.